The Balaban J connectivity index is 2.10. The second-order valence-corrected chi connectivity index (χ2v) is 4.45. The molecule has 3 nitrogen and oxygen atoms in total. The molecule has 0 radical (unpaired) electrons. The second-order valence-electron chi connectivity index (χ2n) is 4.04. The van der Waals surface area contributed by atoms with Crippen molar-refractivity contribution >= 4 is 28.9 Å². The topological polar surface area (TPSA) is 32.3 Å². The predicted molar refractivity (Wildman–Crippen MR) is 60.4 cm³/mol. The van der Waals surface area contributed by atoms with Crippen LogP contribution in [0.15, 0.2) is 18.2 Å². The van der Waals surface area contributed by atoms with Gasteiger partial charge in [0, 0.05) is 6.04 Å². The third-order valence-electron chi connectivity index (χ3n) is 2.85. The molecule has 1 saturated carbocycles. The highest BCUT2D eigenvalue weighted by molar-refractivity contribution is 6.34. The second kappa shape index (κ2) is 3.14. The summed E-state index contributed by atoms with van der Waals surface area (Å²) in [5, 5.41) is 3.57. The maximum Gasteiger partial charge on any atom is 0.243 e. The first-order chi connectivity index (χ1) is 7.25. The molecule has 0 spiro atoms. The molecule has 1 heterocycles. The minimum absolute atomic E-state index is 0.0525. The van der Waals surface area contributed by atoms with Crippen molar-refractivity contribution in [3.63, 3.8) is 0 Å². The molecule has 1 aromatic rings. The van der Waals surface area contributed by atoms with Crippen LogP contribution in [0.4, 0.5) is 11.4 Å². The number of anilines is 2. The molecule has 1 aliphatic carbocycles. The summed E-state index contributed by atoms with van der Waals surface area (Å²) >= 11 is 6.16. The highest BCUT2D eigenvalue weighted by Crippen LogP contribution is 2.42. The number of nitrogens with one attached hydrogen (secondary N) is 1. The SMILES string of the molecule is O=C1CN(C2CC2)c2c(Cl)cccc2N1. The standard InChI is InChI=1S/C11H11ClN2O/c12-8-2-1-3-9-11(8)14(7-4-5-7)6-10(15)13-9/h1-3,7H,4-6H2,(H,13,15). The molecule has 0 unspecified atom stereocenters. The van der Waals surface area contributed by atoms with Crippen LogP contribution in [0.1, 0.15) is 12.8 Å². The summed E-state index contributed by atoms with van der Waals surface area (Å²) in [6.45, 7) is 0.432. The Hall–Kier alpha value is -1.22. The lowest BCUT2D eigenvalue weighted by molar-refractivity contribution is -0.115. The highest BCUT2D eigenvalue weighted by Gasteiger charge is 2.35. The van der Waals surface area contributed by atoms with Crippen LogP contribution in [0.25, 0.3) is 0 Å². The lowest BCUT2D eigenvalue weighted by Gasteiger charge is -2.31. The number of carbonyl (C=O) groups excluding carboxylic acids is 1. The zero-order valence-electron chi connectivity index (χ0n) is 8.16. The van der Waals surface area contributed by atoms with Gasteiger partial charge in [-0.05, 0) is 25.0 Å². The summed E-state index contributed by atoms with van der Waals surface area (Å²) < 4.78 is 0. The van der Waals surface area contributed by atoms with Gasteiger partial charge in [-0.2, -0.15) is 0 Å². The number of nitrogens with zero attached hydrogens (tertiary/aromatic N) is 1. The van der Waals surface area contributed by atoms with Crippen molar-refractivity contribution in [2.45, 2.75) is 18.9 Å². The van der Waals surface area contributed by atoms with Crippen molar-refractivity contribution < 1.29 is 4.79 Å². The zero-order valence-corrected chi connectivity index (χ0v) is 8.92. The van der Waals surface area contributed by atoms with E-state index in [1.807, 2.05) is 18.2 Å². The fourth-order valence-corrected chi connectivity index (χ4v) is 2.31. The summed E-state index contributed by atoms with van der Waals surface area (Å²) in [5.74, 6) is 0.0525. The number of halogens is 1. The van der Waals surface area contributed by atoms with Gasteiger partial charge in [-0.25, -0.2) is 0 Å². The first kappa shape index (κ1) is 9.04. The van der Waals surface area contributed by atoms with Crippen molar-refractivity contribution in [2.24, 2.45) is 0 Å². The van der Waals surface area contributed by atoms with Crippen LogP contribution in [0.2, 0.25) is 5.02 Å². The van der Waals surface area contributed by atoms with Crippen LogP contribution < -0.4 is 10.2 Å². The van der Waals surface area contributed by atoms with Gasteiger partial charge in [0.15, 0.2) is 0 Å². The molecule has 1 aliphatic heterocycles. The van der Waals surface area contributed by atoms with E-state index in [2.05, 4.69) is 10.2 Å². The number of hydrogen-bond acceptors (Lipinski definition) is 2. The molecule has 0 aromatic heterocycles. The Bertz CT molecular complexity index is 429. The molecule has 4 heteroatoms. The minimum atomic E-state index is 0.0525. The molecule has 15 heavy (non-hydrogen) atoms. The predicted octanol–water partition coefficient (Wildman–Crippen LogP) is 2.26. The molecular formula is C11H11ClN2O. The van der Waals surface area contributed by atoms with Crippen molar-refractivity contribution in [3.8, 4) is 0 Å². The van der Waals surface area contributed by atoms with Crippen molar-refractivity contribution in [1.82, 2.24) is 0 Å². The summed E-state index contributed by atoms with van der Waals surface area (Å²) in [6, 6.07) is 6.13. The van der Waals surface area contributed by atoms with Gasteiger partial charge >= 0.3 is 0 Å². The van der Waals surface area contributed by atoms with Crippen molar-refractivity contribution in [1.29, 1.82) is 0 Å². The van der Waals surface area contributed by atoms with Gasteiger partial charge in [-0.3, -0.25) is 4.79 Å². The lowest BCUT2D eigenvalue weighted by atomic mass is 10.2. The monoisotopic (exact) mass is 222 g/mol. The van der Waals surface area contributed by atoms with E-state index in [1.54, 1.807) is 0 Å². The Morgan fingerprint density at radius 1 is 1.40 bits per heavy atom. The molecule has 1 fully saturated rings. The quantitative estimate of drug-likeness (QED) is 0.791. The summed E-state index contributed by atoms with van der Waals surface area (Å²) in [5.41, 5.74) is 1.83. The van der Waals surface area contributed by atoms with E-state index in [4.69, 9.17) is 11.6 Å². The average Bonchev–Trinajstić information content (AvgIpc) is 2.99. The van der Waals surface area contributed by atoms with Crippen LogP contribution in [-0.4, -0.2) is 18.5 Å². The zero-order chi connectivity index (χ0) is 10.4. The molecule has 1 N–H and O–H groups in total. The van der Waals surface area contributed by atoms with Gasteiger partial charge in [0.25, 0.3) is 0 Å². The Morgan fingerprint density at radius 3 is 2.93 bits per heavy atom. The van der Waals surface area contributed by atoms with Crippen LogP contribution in [0.5, 0.6) is 0 Å². The molecule has 78 valence electrons. The Morgan fingerprint density at radius 2 is 2.20 bits per heavy atom. The van der Waals surface area contributed by atoms with Gasteiger partial charge in [-0.15, -0.1) is 0 Å². The average molecular weight is 223 g/mol. The number of para-hydroxylation sites is 1. The first-order valence-corrected chi connectivity index (χ1v) is 5.48. The van der Waals surface area contributed by atoms with Gasteiger partial charge in [0.1, 0.15) is 0 Å². The molecule has 0 saturated heterocycles. The van der Waals surface area contributed by atoms with Crippen molar-refractivity contribution in [3.05, 3.63) is 23.2 Å². The summed E-state index contributed by atoms with van der Waals surface area (Å²) in [4.78, 5) is 13.6. The molecule has 2 aliphatic rings. The van der Waals surface area contributed by atoms with Crippen molar-refractivity contribution in [2.75, 3.05) is 16.8 Å². The molecule has 3 rings (SSSR count). The number of amides is 1. The number of rotatable bonds is 1. The molecule has 1 aromatic carbocycles. The smallest absolute Gasteiger partial charge is 0.243 e. The molecule has 0 atom stereocenters. The fourth-order valence-electron chi connectivity index (χ4n) is 2.03. The van der Waals surface area contributed by atoms with Gasteiger partial charge in [-0.1, -0.05) is 17.7 Å². The number of hydrogen-bond donors (Lipinski definition) is 1. The first-order valence-electron chi connectivity index (χ1n) is 5.11. The summed E-state index contributed by atoms with van der Waals surface area (Å²) in [6.07, 6.45) is 2.33. The van der Waals surface area contributed by atoms with E-state index in [0.29, 0.717) is 12.6 Å². The minimum Gasteiger partial charge on any atom is -0.356 e. The van der Waals surface area contributed by atoms with Crippen LogP contribution >= 0.6 is 11.6 Å². The number of carbonyl (C=O) groups is 1. The highest BCUT2D eigenvalue weighted by atomic mass is 35.5. The molecule has 0 bridgehead atoms. The van der Waals surface area contributed by atoms with E-state index >= 15 is 0 Å². The van der Waals surface area contributed by atoms with Gasteiger partial charge in [0.05, 0.1) is 22.9 Å². The lowest BCUT2D eigenvalue weighted by Crippen LogP contribution is -2.39. The Labute approximate surface area is 93.0 Å². The Kier molecular flexibility index (Phi) is 1.89. The summed E-state index contributed by atoms with van der Waals surface area (Å²) in [7, 11) is 0. The molecular weight excluding hydrogens is 212 g/mol. The van der Waals surface area contributed by atoms with Crippen LogP contribution in [-0.2, 0) is 4.79 Å². The maximum absolute atomic E-state index is 11.5. The van der Waals surface area contributed by atoms with E-state index in [0.717, 1.165) is 29.2 Å². The van der Waals surface area contributed by atoms with Crippen LogP contribution in [0, 0.1) is 0 Å². The van der Waals surface area contributed by atoms with Crippen LogP contribution in [0.3, 0.4) is 0 Å². The normalized spacial score (nSPS) is 19.8. The van der Waals surface area contributed by atoms with E-state index in [-0.39, 0.29) is 5.91 Å². The van der Waals surface area contributed by atoms with Gasteiger partial charge < -0.3 is 10.2 Å². The number of benzene rings is 1. The maximum atomic E-state index is 11.5. The number of fused-ring (bicyclic) bond motifs is 1. The van der Waals surface area contributed by atoms with E-state index in [1.165, 1.54) is 0 Å². The fraction of sp³-hybridized carbons (Fsp3) is 0.364. The third kappa shape index (κ3) is 1.47. The largest absolute Gasteiger partial charge is 0.356 e. The van der Waals surface area contributed by atoms with E-state index in [9.17, 15) is 4.79 Å². The van der Waals surface area contributed by atoms with E-state index < -0.39 is 0 Å². The van der Waals surface area contributed by atoms with Gasteiger partial charge in [0.2, 0.25) is 5.91 Å². The third-order valence-corrected chi connectivity index (χ3v) is 3.15. The molecule has 1 amide bonds.